The Kier molecular flexibility index (Phi) is 5.33. The number of para-hydroxylation sites is 1. The van der Waals surface area contributed by atoms with Crippen LogP contribution in [-0.4, -0.2) is 18.2 Å². The van der Waals surface area contributed by atoms with E-state index in [1.165, 1.54) is 17.8 Å². The zero-order chi connectivity index (χ0) is 15.2. The van der Waals surface area contributed by atoms with Gasteiger partial charge in [0.15, 0.2) is 11.6 Å². The molecule has 0 unspecified atom stereocenters. The number of hydrogen-bond acceptors (Lipinski definition) is 2. The zero-order valence-corrected chi connectivity index (χ0v) is 12.4. The Bertz CT molecular complexity index is 619. The van der Waals surface area contributed by atoms with E-state index in [-0.39, 0.29) is 11.7 Å². The number of carbonyl (C=O) groups excluding carboxylic acids is 1. The Morgan fingerprint density at radius 3 is 2.43 bits per heavy atom. The van der Waals surface area contributed by atoms with E-state index < -0.39 is 11.6 Å². The number of nitrogens with zero attached hydrogens (tertiary/aromatic N) is 1. The summed E-state index contributed by atoms with van der Waals surface area (Å²) in [5.41, 5.74) is 0.830. The topological polar surface area (TPSA) is 20.3 Å². The summed E-state index contributed by atoms with van der Waals surface area (Å²) in [7, 11) is 0. The van der Waals surface area contributed by atoms with Crippen molar-refractivity contribution in [3.05, 3.63) is 60.2 Å². The summed E-state index contributed by atoms with van der Waals surface area (Å²) in [5.74, 6) is -1.68. The normalized spacial score (nSPS) is 10.4. The van der Waals surface area contributed by atoms with Gasteiger partial charge in [-0.25, -0.2) is 8.78 Å². The van der Waals surface area contributed by atoms with Crippen LogP contribution in [0.4, 0.5) is 14.5 Å². The van der Waals surface area contributed by atoms with Crippen LogP contribution in [0.2, 0.25) is 0 Å². The largest absolute Gasteiger partial charge is 0.312 e. The number of hydrogen-bond donors (Lipinski definition) is 0. The van der Waals surface area contributed by atoms with E-state index in [1.807, 2.05) is 37.3 Å². The number of carbonyl (C=O) groups is 1. The molecule has 0 aromatic heterocycles. The lowest BCUT2D eigenvalue weighted by Gasteiger charge is -2.20. The van der Waals surface area contributed by atoms with Crippen molar-refractivity contribution in [3.63, 3.8) is 0 Å². The molecular formula is C16H15F2NOS. The first-order chi connectivity index (χ1) is 10.1. The molecule has 0 heterocycles. The summed E-state index contributed by atoms with van der Waals surface area (Å²) in [6.45, 7) is 2.45. The van der Waals surface area contributed by atoms with Crippen molar-refractivity contribution < 1.29 is 13.6 Å². The summed E-state index contributed by atoms with van der Waals surface area (Å²) in [5, 5.41) is 0. The molecule has 1 amide bonds. The second-order valence-corrected chi connectivity index (χ2v) is 5.39. The Hall–Kier alpha value is -1.88. The molecule has 0 saturated carbocycles. The molecule has 2 rings (SSSR count). The fourth-order valence-corrected chi connectivity index (χ4v) is 2.70. The van der Waals surface area contributed by atoms with Gasteiger partial charge in [-0.05, 0) is 37.3 Å². The Morgan fingerprint density at radius 1 is 1.10 bits per heavy atom. The number of amides is 1. The average Bonchev–Trinajstić information content (AvgIpc) is 2.50. The highest BCUT2D eigenvalue weighted by Gasteiger charge is 2.14. The fourth-order valence-electron chi connectivity index (χ4n) is 1.90. The molecule has 2 aromatic carbocycles. The monoisotopic (exact) mass is 307 g/mol. The molecule has 0 saturated heterocycles. The van der Waals surface area contributed by atoms with Gasteiger partial charge < -0.3 is 4.90 Å². The van der Waals surface area contributed by atoms with Crippen LogP contribution in [0.5, 0.6) is 0 Å². The first-order valence-corrected chi connectivity index (χ1v) is 7.53. The lowest BCUT2D eigenvalue weighted by Crippen LogP contribution is -2.32. The molecule has 2 aromatic rings. The minimum absolute atomic E-state index is 0.0709. The summed E-state index contributed by atoms with van der Waals surface area (Å²) in [6, 6.07) is 13.0. The maximum atomic E-state index is 13.1. The standard InChI is InChI=1S/C16H15F2NOS/c1-2-19(12-6-4-3-5-7-12)16(20)11-21-13-8-9-14(17)15(18)10-13/h3-10H,2,11H2,1H3. The molecule has 0 N–H and O–H groups in total. The van der Waals surface area contributed by atoms with Crippen LogP contribution in [0.25, 0.3) is 0 Å². The van der Waals surface area contributed by atoms with E-state index in [9.17, 15) is 13.6 Å². The predicted octanol–water partition coefficient (Wildman–Crippen LogP) is 4.11. The maximum absolute atomic E-state index is 13.1. The minimum atomic E-state index is -0.900. The third-order valence-corrected chi connectivity index (χ3v) is 3.92. The van der Waals surface area contributed by atoms with Crippen LogP contribution in [-0.2, 0) is 4.79 Å². The number of anilines is 1. The highest BCUT2D eigenvalue weighted by atomic mass is 32.2. The van der Waals surface area contributed by atoms with Crippen molar-refractivity contribution in [3.8, 4) is 0 Å². The van der Waals surface area contributed by atoms with Gasteiger partial charge in [-0.15, -0.1) is 11.8 Å². The van der Waals surface area contributed by atoms with Crippen LogP contribution in [0.1, 0.15) is 6.92 Å². The van der Waals surface area contributed by atoms with E-state index in [4.69, 9.17) is 0 Å². The highest BCUT2D eigenvalue weighted by Crippen LogP contribution is 2.22. The SMILES string of the molecule is CCN(C(=O)CSc1ccc(F)c(F)c1)c1ccccc1. The minimum Gasteiger partial charge on any atom is -0.312 e. The highest BCUT2D eigenvalue weighted by molar-refractivity contribution is 8.00. The Morgan fingerprint density at radius 2 is 1.81 bits per heavy atom. The van der Waals surface area contributed by atoms with Gasteiger partial charge in [-0.1, -0.05) is 18.2 Å². The van der Waals surface area contributed by atoms with Gasteiger partial charge in [0, 0.05) is 17.1 Å². The van der Waals surface area contributed by atoms with E-state index in [2.05, 4.69) is 0 Å². The Labute approximate surface area is 126 Å². The van der Waals surface area contributed by atoms with E-state index in [0.29, 0.717) is 11.4 Å². The summed E-state index contributed by atoms with van der Waals surface area (Å²) in [4.78, 5) is 14.4. The first kappa shape index (κ1) is 15.5. The van der Waals surface area contributed by atoms with Crippen molar-refractivity contribution in [1.29, 1.82) is 0 Å². The van der Waals surface area contributed by atoms with Gasteiger partial charge in [0.25, 0.3) is 0 Å². The third kappa shape index (κ3) is 4.04. The molecule has 0 spiro atoms. The van der Waals surface area contributed by atoms with Crippen LogP contribution in [0.15, 0.2) is 53.4 Å². The molecule has 0 atom stereocenters. The molecule has 0 bridgehead atoms. The second kappa shape index (κ2) is 7.22. The molecule has 0 aliphatic heterocycles. The number of benzene rings is 2. The molecule has 5 heteroatoms. The van der Waals surface area contributed by atoms with Gasteiger partial charge in [0.2, 0.25) is 5.91 Å². The van der Waals surface area contributed by atoms with Gasteiger partial charge in [-0.2, -0.15) is 0 Å². The van der Waals surface area contributed by atoms with Crippen molar-refractivity contribution in [1.82, 2.24) is 0 Å². The summed E-state index contributed by atoms with van der Waals surface area (Å²) >= 11 is 1.19. The lowest BCUT2D eigenvalue weighted by atomic mass is 10.3. The molecule has 0 fully saturated rings. The number of halogens is 2. The summed E-state index contributed by atoms with van der Waals surface area (Å²) < 4.78 is 26.0. The third-order valence-electron chi connectivity index (χ3n) is 2.94. The fraction of sp³-hybridized carbons (Fsp3) is 0.188. The predicted molar refractivity (Wildman–Crippen MR) is 81.6 cm³/mol. The zero-order valence-electron chi connectivity index (χ0n) is 11.6. The summed E-state index contributed by atoms with van der Waals surface area (Å²) in [6.07, 6.45) is 0. The van der Waals surface area contributed by atoms with Crippen LogP contribution in [0.3, 0.4) is 0 Å². The molecule has 0 aliphatic carbocycles. The van der Waals surface area contributed by atoms with Gasteiger partial charge in [0.1, 0.15) is 0 Å². The van der Waals surface area contributed by atoms with Crippen molar-refractivity contribution >= 4 is 23.4 Å². The number of thioether (sulfide) groups is 1. The average molecular weight is 307 g/mol. The van der Waals surface area contributed by atoms with Crippen molar-refractivity contribution in [2.75, 3.05) is 17.2 Å². The smallest absolute Gasteiger partial charge is 0.237 e. The van der Waals surface area contributed by atoms with Gasteiger partial charge >= 0.3 is 0 Å². The van der Waals surface area contributed by atoms with Crippen molar-refractivity contribution in [2.24, 2.45) is 0 Å². The quantitative estimate of drug-likeness (QED) is 0.775. The second-order valence-electron chi connectivity index (χ2n) is 4.34. The maximum Gasteiger partial charge on any atom is 0.237 e. The van der Waals surface area contributed by atoms with Gasteiger partial charge in [0.05, 0.1) is 5.75 Å². The molecule has 2 nitrogen and oxygen atoms in total. The van der Waals surface area contributed by atoms with Gasteiger partial charge in [-0.3, -0.25) is 4.79 Å². The molecule has 0 radical (unpaired) electrons. The molecule has 0 aliphatic rings. The molecule has 110 valence electrons. The van der Waals surface area contributed by atoms with E-state index in [1.54, 1.807) is 4.90 Å². The first-order valence-electron chi connectivity index (χ1n) is 6.55. The van der Waals surface area contributed by atoms with E-state index >= 15 is 0 Å². The Balaban J connectivity index is 2.01. The van der Waals surface area contributed by atoms with E-state index in [0.717, 1.165) is 17.8 Å². The van der Waals surface area contributed by atoms with Crippen LogP contribution < -0.4 is 4.90 Å². The number of rotatable bonds is 5. The lowest BCUT2D eigenvalue weighted by molar-refractivity contribution is -0.116. The molecule has 21 heavy (non-hydrogen) atoms. The van der Waals surface area contributed by atoms with Crippen LogP contribution >= 0.6 is 11.8 Å². The molecular weight excluding hydrogens is 292 g/mol. The van der Waals surface area contributed by atoms with Crippen molar-refractivity contribution in [2.45, 2.75) is 11.8 Å². The van der Waals surface area contributed by atoms with Crippen LogP contribution in [0, 0.1) is 11.6 Å².